The first kappa shape index (κ1) is 16.8. The molecule has 27 heavy (non-hydrogen) atoms. The highest BCUT2D eigenvalue weighted by atomic mass is 16.6. The predicted molar refractivity (Wildman–Crippen MR) is 106 cm³/mol. The molecule has 0 bridgehead atoms. The van der Waals surface area contributed by atoms with Crippen LogP contribution in [0.25, 0.3) is 5.70 Å². The van der Waals surface area contributed by atoms with Crippen LogP contribution in [0.2, 0.25) is 0 Å². The van der Waals surface area contributed by atoms with E-state index in [4.69, 9.17) is 9.57 Å². The van der Waals surface area contributed by atoms with Crippen LogP contribution in [-0.2, 0) is 10.4 Å². The second-order valence-electron chi connectivity index (χ2n) is 7.67. The first-order chi connectivity index (χ1) is 13.4. The number of hydrogen-bond acceptors (Lipinski definition) is 4. The smallest absolute Gasteiger partial charge is 0.162 e. The number of para-hydroxylation sites is 1. The lowest BCUT2D eigenvalue weighted by molar-refractivity contribution is 0.0524. The van der Waals surface area contributed by atoms with Gasteiger partial charge in [0, 0.05) is 29.7 Å². The molecule has 0 radical (unpaired) electrons. The Hall–Kier alpha value is -2.30. The Morgan fingerprint density at radius 3 is 2.59 bits per heavy atom. The highest BCUT2D eigenvalue weighted by molar-refractivity contribution is 5.80. The number of ether oxygens (including phenoxy) is 1. The highest BCUT2D eigenvalue weighted by Gasteiger charge is 2.58. The van der Waals surface area contributed by atoms with Gasteiger partial charge in [-0.3, -0.25) is 10.3 Å². The molecule has 1 saturated heterocycles. The topological polar surface area (TPSA) is 33.7 Å². The van der Waals surface area contributed by atoms with Crippen LogP contribution < -0.4 is 10.2 Å². The monoisotopic (exact) mass is 362 g/mol. The van der Waals surface area contributed by atoms with Crippen LogP contribution in [0, 0.1) is 0 Å². The van der Waals surface area contributed by atoms with Crippen LogP contribution in [0.3, 0.4) is 0 Å². The zero-order chi connectivity index (χ0) is 18.1. The molecule has 4 heteroatoms. The maximum atomic E-state index is 6.45. The fourth-order valence-corrected chi connectivity index (χ4v) is 4.35. The summed E-state index contributed by atoms with van der Waals surface area (Å²) in [5.41, 5.74) is 7.62. The van der Waals surface area contributed by atoms with E-state index >= 15 is 0 Å². The lowest BCUT2D eigenvalue weighted by Gasteiger charge is -2.28. The molecule has 3 aliphatic rings. The van der Waals surface area contributed by atoms with E-state index < -0.39 is 0 Å². The Balaban J connectivity index is 1.33. The summed E-state index contributed by atoms with van der Waals surface area (Å²) < 4.78 is 6.45. The third-order valence-corrected chi connectivity index (χ3v) is 5.90. The van der Waals surface area contributed by atoms with Gasteiger partial charge in [0.2, 0.25) is 0 Å². The summed E-state index contributed by atoms with van der Waals surface area (Å²) in [6.45, 7) is 4.08. The van der Waals surface area contributed by atoms with Gasteiger partial charge in [0.15, 0.2) is 5.60 Å². The zero-order valence-corrected chi connectivity index (χ0v) is 15.6. The third-order valence-electron chi connectivity index (χ3n) is 5.90. The van der Waals surface area contributed by atoms with E-state index in [-0.39, 0.29) is 5.60 Å². The van der Waals surface area contributed by atoms with Crippen molar-refractivity contribution in [2.24, 2.45) is 0 Å². The van der Waals surface area contributed by atoms with Gasteiger partial charge >= 0.3 is 0 Å². The van der Waals surface area contributed by atoms with Gasteiger partial charge in [0.1, 0.15) is 5.75 Å². The molecule has 5 rings (SSSR count). The van der Waals surface area contributed by atoms with Crippen molar-refractivity contribution in [3.05, 3.63) is 71.3 Å². The molecule has 2 aliphatic heterocycles. The minimum absolute atomic E-state index is 0.325. The minimum Gasteiger partial charge on any atom is -0.477 e. The van der Waals surface area contributed by atoms with E-state index in [1.165, 1.54) is 43.5 Å². The third kappa shape index (κ3) is 3.13. The number of benzene rings is 2. The molecule has 0 spiro atoms. The number of fused-ring (bicyclic) bond motifs is 2. The number of nitrogens with zero attached hydrogens (tertiary/aromatic N) is 1. The quantitative estimate of drug-likeness (QED) is 0.620. The average molecular weight is 362 g/mol. The molecule has 2 heterocycles. The summed E-state index contributed by atoms with van der Waals surface area (Å²) in [6, 6.07) is 18.7. The Bertz CT molecular complexity index is 842. The average Bonchev–Trinajstić information content (AvgIpc) is 3.47. The highest BCUT2D eigenvalue weighted by Crippen LogP contribution is 2.60. The van der Waals surface area contributed by atoms with Crippen molar-refractivity contribution in [3.63, 3.8) is 0 Å². The van der Waals surface area contributed by atoms with Gasteiger partial charge in [-0.25, -0.2) is 0 Å². The molecule has 2 aromatic rings. The second kappa shape index (κ2) is 7.02. The molecule has 1 atom stereocenters. The van der Waals surface area contributed by atoms with Crippen molar-refractivity contribution in [1.82, 2.24) is 10.4 Å². The van der Waals surface area contributed by atoms with E-state index in [2.05, 4.69) is 46.8 Å². The van der Waals surface area contributed by atoms with Gasteiger partial charge in [-0.1, -0.05) is 48.9 Å². The summed E-state index contributed by atoms with van der Waals surface area (Å²) >= 11 is 0. The van der Waals surface area contributed by atoms with E-state index in [0.717, 1.165) is 30.0 Å². The van der Waals surface area contributed by atoms with E-state index in [1.54, 1.807) is 0 Å². The summed E-state index contributed by atoms with van der Waals surface area (Å²) in [5, 5.41) is 0. The van der Waals surface area contributed by atoms with Crippen molar-refractivity contribution < 1.29 is 9.57 Å². The Morgan fingerprint density at radius 2 is 1.74 bits per heavy atom. The summed E-state index contributed by atoms with van der Waals surface area (Å²) in [6.07, 6.45) is 4.90. The lowest BCUT2D eigenvalue weighted by Crippen LogP contribution is -2.34. The van der Waals surface area contributed by atoms with Gasteiger partial charge in [0.25, 0.3) is 0 Å². The van der Waals surface area contributed by atoms with Crippen LogP contribution >= 0.6 is 0 Å². The second-order valence-corrected chi connectivity index (χ2v) is 7.67. The molecular weight excluding hydrogens is 336 g/mol. The van der Waals surface area contributed by atoms with Crippen LogP contribution in [-0.4, -0.2) is 31.1 Å². The lowest BCUT2D eigenvalue weighted by atomic mass is 10.0. The fraction of sp³-hybridized carbons (Fsp3) is 0.391. The maximum Gasteiger partial charge on any atom is 0.162 e. The van der Waals surface area contributed by atoms with Crippen molar-refractivity contribution in [3.8, 4) is 5.75 Å². The van der Waals surface area contributed by atoms with E-state index in [0.29, 0.717) is 6.61 Å². The molecule has 0 amide bonds. The molecule has 1 saturated carbocycles. The van der Waals surface area contributed by atoms with Crippen molar-refractivity contribution in [1.29, 1.82) is 0 Å². The first-order valence-electron chi connectivity index (χ1n) is 10.0. The summed E-state index contributed by atoms with van der Waals surface area (Å²) in [5.74, 6) is 0.921. The van der Waals surface area contributed by atoms with Crippen LogP contribution in [0.15, 0.2) is 60.2 Å². The van der Waals surface area contributed by atoms with Crippen molar-refractivity contribution >= 4 is 5.70 Å². The fourth-order valence-electron chi connectivity index (χ4n) is 4.35. The number of likely N-dealkylation sites (tertiary alicyclic amines) is 1. The zero-order valence-electron chi connectivity index (χ0n) is 15.6. The largest absolute Gasteiger partial charge is 0.477 e. The van der Waals surface area contributed by atoms with Crippen LogP contribution in [0.5, 0.6) is 5.75 Å². The molecular formula is C23H26N2O2. The first-order valence-corrected chi connectivity index (χ1v) is 10.0. The van der Waals surface area contributed by atoms with Gasteiger partial charge in [-0.2, -0.15) is 0 Å². The number of hydrogen-bond donors (Lipinski definition) is 1. The molecule has 1 N–H and O–H groups in total. The van der Waals surface area contributed by atoms with Gasteiger partial charge in [-0.05, 0) is 38.1 Å². The van der Waals surface area contributed by atoms with Crippen LogP contribution in [0.1, 0.15) is 36.8 Å². The standard InChI is InChI=1S/C23H26N2O2/c1-3-9-18(10-4-1)23-17-20(23)22(19-11-5-6-12-21(19)27-23)24-26-16-15-25-13-7-2-8-14-25/h1,3-6,9-12,24H,2,7-8,13-17H2. The maximum absolute atomic E-state index is 6.45. The number of rotatable bonds is 6. The molecule has 2 aromatic carbocycles. The van der Waals surface area contributed by atoms with Crippen molar-refractivity contribution in [2.75, 3.05) is 26.2 Å². The Kier molecular flexibility index (Phi) is 4.38. The van der Waals surface area contributed by atoms with Crippen molar-refractivity contribution in [2.45, 2.75) is 31.3 Å². The van der Waals surface area contributed by atoms with Gasteiger partial charge in [-0.15, -0.1) is 0 Å². The SMILES string of the molecule is c1ccc(C23CC2=C(NOCCN2CCCCC2)c2ccccc2O3)cc1. The molecule has 140 valence electrons. The van der Waals surface area contributed by atoms with E-state index in [9.17, 15) is 0 Å². The normalized spacial score (nSPS) is 24.0. The number of piperidine rings is 1. The van der Waals surface area contributed by atoms with E-state index in [1.807, 2.05) is 18.2 Å². The molecule has 0 aromatic heterocycles. The Morgan fingerprint density at radius 1 is 0.963 bits per heavy atom. The minimum atomic E-state index is -0.325. The van der Waals surface area contributed by atoms with Gasteiger partial charge in [0.05, 0.1) is 12.3 Å². The summed E-state index contributed by atoms with van der Waals surface area (Å²) in [4.78, 5) is 8.40. The Labute approximate surface area is 160 Å². The number of hydroxylamine groups is 1. The molecule has 1 unspecified atom stereocenters. The summed E-state index contributed by atoms with van der Waals surface area (Å²) in [7, 11) is 0. The number of nitrogens with one attached hydrogen (secondary N) is 1. The predicted octanol–water partition coefficient (Wildman–Crippen LogP) is 4.10. The van der Waals surface area contributed by atoms with Crippen LogP contribution in [0.4, 0.5) is 0 Å². The molecule has 1 aliphatic carbocycles. The molecule has 4 nitrogen and oxygen atoms in total. The van der Waals surface area contributed by atoms with Gasteiger partial charge < -0.3 is 9.64 Å². The molecule has 2 fully saturated rings.